The lowest BCUT2D eigenvalue weighted by molar-refractivity contribution is 0.0625. The molecule has 1 N–H and O–H groups in total. The summed E-state index contributed by atoms with van der Waals surface area (Å²) in [4.78, 5) is 6.51. The average Bonchev–Trinajstić information content (AvgIpc) is 2.52. The van der Waals surface area contributed by atoms with E-state index in [0.29, 0.717) is 13.0 Å². The van der Waals surface area contributed by atoms with Crippen molar-refractivity contribution in [3.63, 3.8) is 0 Å². The van der Waals surface area contributed by atoms with Gasteiger partial charge in [0.25, 0.3) is 0 Å². The Bertz CT molecular complexity index is 497. The van der Waals surface area contributed by atoms with E-state index in [2.05, 4.69) is 36.1 Å². The Morgan fingerprint density at radius 3 is 2.50 bits per heavy atom. The number of hydrogen-bond donors (Lipinski definition) is 1. The van der Waals surface area contributed by atoms with Crippen molar-refractivity contribution in [3.8, 4) is 0 Å². The van der Waals surface area contributed by atoms with E-state index in [9.17, 15) is 8.42 Å². The van der Waals surface area contributed by atoms with Crippen LogP contribution in [0.15, 0.2) is 4.99 Å². The molecule has 1 saturated heterocycles. The molecule has 0 amide bonds. The molecule has 1 rings (SSSR count). The topological polar surface area (TPSA) is 71.0 Å². The molecule has 0 aromatic rings. The number of sulfone groups is 1. The third-order valence-corrected chi connectivity index (χ3v) is 5.61. The largest absolute Gasteiger partial charge is 0.381 e. The van der Waals surface area contributed by atoms with Crippen LogP contribution in [0.4, 0.5) is 0 Å². The zero-order valence-corrected chi connectivity index (χ0v) is 16.8. The van der Waals surface area contributed by atoms with Gasteiger partial charge in [-0.15, -0.1) is 0 Å². The quantitative estimate of drug-likeness (QED) is 0.527. The molecule has 0 aliphatic carbocycles. The number of guanidine groups is 1. The second-order valence-electron chi connectivity index (χ2n) is 7.71. The number of aliphatic imine (C=N–C) groups is 1. The minimum Gasteiger partial charge on any atom is -0.381 e. The van der Waals surface area contributed by atoms with Crippen LogP contribution in [0.3, 0.4) is 0 Å². The van der Waals surface area contributed by atoms with Gasteiger partial charge in [0.15, 0.2) is 5.96 Å². The summed E-state index contributed by atoms with van der Waals surface area (Å²) in [7, 11) is 0.925. The highest BCUT2D eigenvalue weighted by molar-refractivity contribution is 7.90. The lowest BCUT2D eigenvalue weighted by Crippen LogP contribution is -2.44. The van der Waals surface area contributed by atoms with Gasteiger partial charge in [-0.3, -0.25) is 4.99 Å². The van der Waals surface area contributed by atoms with Gasteiger partial charge in [-0.25, -0.2) is 8.42 Å². The van der Waals surface area contributed by atoms with Crippen LogP contribution in [0.5, 0.6) is 0 Å². The van der Waals surface area contributed by atoms with Gasteiger partial charge in [-0.05, 0) is 37.0 Å². The van der Waals surface area contributed by atoms with Crippen molar-refractivity contribution in [1.82, 2.24) is 10.2 Å². The van der Waals surface area contributed by atoms with Gasteiger partial charge < -0.3 is 15.0 Å². The number of nitrogens with zero attached hydrogens (tertiary/aromatic N) is 2. The highest BCUT2D eigenvalue weighted by Gasteiger charge is 2.21. The number of ether oxygens (including phenoxy) is 1. The standard InChI is InChI=1S/C17H35N3O3S/c1-17(2,9-13-24(5,21)22)14-19-16(18-3)20(4)10-6-15-7-11-23-12-8-15/h15H,6-14H2,1-5H3,(H,18,19). The summed E-state index contributed by atoms with van der Waals surface area (Å²) in [6, 6.07) is 0. The van der Waals surface area contributed by atoms with E-state index >= 15 is 0 Å². The Labute approximate surface area is 148 Å². The Morgan fingerprint density at radius 2 is 1.96 bits per heavy atom. The lowest BCUT2D eigenvalue weighted by Gasteiger charge is -2.30. The summed E-state index contributed by atoms with van der Waals surface area (Å²) in [5.41, 5.74) is -0.0967. The molecule has 0 spiro atoms. The summed E-state index contributed by atoms with van der Waals surface area (Å²) >= 11 is 0. The van der Waals surface area contributed by atoms with Crippen LogP contribution in [0.1, 0.15) is 39.5 Å². The summed E-state index contributed by atoms with van der Waals surface area (Å²) in [6.45, 7) is 7.61. The Kier molecular flexibility index (Phi) is 8.50. The predicted molar refractivity (Wildman–Crippen MR) is 100 cm³/mol. The summed E-state index contributed by atoms with van der Waals surface area (Å²) < 4.78 is 28.1. The van der Waals surface area contributed by atoms with Crippen molar-refractivity contribution in [2.45, 2.75) is 39.5 Å². The van der Waals surface area contributed by atoms with Crippen LogP contribution >= 0.6 is 0 Å². The van der Waals surface area contributed by atoms with E-state index in [0.717, 1.165) is 50.9 Å². The van der Waals surface area contributed by atoms with E-state index in [1.807, 2.05) is 0 Å². The first kappa shape index (κ1) is 21.2. The van der Waals surface area contributed by atoms with E-state index < -0.39 is 9.84 Å². The molecule has 24 heavy (non-hydrogen) atoms. The molecule has 7 heteroatoms. The molecule has 1 heterocycles. The van der Waals surface area contributed by atoms with Crippen molar-refractivity contribution in [2.75, 3.05) is 52.4 Å². The van der Waals surface area contributed by atoms with Gasteiger partial charge in [0.1, 0.15) is 9.84 Å². The SMILES string of the molecule is CN=C(NCC(C)(C)CCS(C)(=O)=O)N(C)CCC1CCOCC1. The lowest BCUT2D eigenvalue weighted by atomic mass is 9.90. The van der Waals surface area contributed by atoms with Crippen molar-refractivity contribution in [3.05, 3.63) is 0 Å². The summed E-state index contributed by atoms with van der Waals surface area (Å²) in [6.07, 6.45) is 5.38. The molecule has 1 fully saturated rings. The first-order valence-corrected chi connectivity index (χ1v) is 10.9. The van der Waals surface area contributed by atoms with Crippen molar-refractivity contribution in [1.29, 1.82) is 0 Å². The minimum absolute atomic E-state index is 0.0967. The number of rotatable bonds is 8. The maximum atomic E-state index is 11.4. The molecule has 1 aliphatic heterocycles. The van der Waals surface area contributed by atoms with E-state index in [1.54, 1.807) is 7.05 Å². The van der Waals surface area contributed by atoms with Gasteiger partial charge in [0, 0.05) is 46.7 Å². The van der Waals surface area contributed by atoms with Crippen LogP contribution < -0.4 is 5.32 Å². The van der Waals surface area contributed by atoms with E-state index in [1.165, 1.54) is 6.26 Å². The van der Waals surface area contributed by atoms with Gasteiger partial charge in [-0.2, -0.15) is 0 Å². The first-order chi connectivity index (χ1) is 11.1. The van der Waals surface area contributed by atoms with E-state index in [-0.39, 0.29) is 11.2 Å². The Morgan fingerprint density at radius 1 is 1.33 bits per heavy atom. The molecule has 0 radical (unpaired) electrons. The highest BCUT2D eigenvalue weighted by atomic mass is 32.2. The van der Waals surface area contributed by atoms with Gasteiger partial charge in [0.2, 0.25) is 0 Å². The Balaban J connectivity index is 2.39. The summed E-state index contributed by atoms with van der Waals surface area (Å²) in [5, 5.41) is 3.39. The third-order valence-electron chi connectivity index (χ3n) is 4.66. The second-order valence-corrected chi connectivity index (χ2v) is 9.97. The molecule has 1 aliphatic rings. The van der Waals surface area contributed by atoms with E-state index in [4.69, 9.17) is 4.74 Å². The van der Waals surface area contributed by atoms with Crippen LogP contribution in [0.25, 0.3) is 0 Å². The van der Waals surface area contributed by atoms with Crippen molar-refractivity contribution < 1.29 is 13.2 Å². The number of nitrogens with one attached hydrogen (secondary N) is 1. The van der Waals surface area contributed by atoms with Crippen LogP contribution in [0, 0.1) is 11.3 Å². The van der Waals surface area contributed by atoms with Gasteiger partial charge >= 0.3 is 0 Å². The molecule has 0 aromatic carbocycles. The van der Waals surface area contributed by atoms with Crippen LogP contribution in [-0.2, 0) is 14.6 Å². The maximum absolute atomic E-state index is 11.4. The second kappa shape index (κ2) is 9.61. The highest BCUT2D eigenvalue weighted by Crippen LogP contribution is 2.20. The Hall–Kier alpha value is -0.820. The van der Waals surface area contributed by atoms with Gasteiger partial charge in [-0.1, -0.05) is 13.8 Å². The molecule has 0 bridgehead atoms. The minimum atomic E-state index is -2.92. The number of hydrogen-bond acceptors (Lipinski definition) is 4. The predicted octanol–water partition coefficient (Wildman–Crippen LogP) is 1.77. The molecule has 6 nitrogen and oxygen atoms in total. The average molecular weight is 362 g/mol. The molecule has 0 aromatic heterocycles. The fraction of sp³-hybridized carbons (Fsp3) is 0.941. The zero-order valence-electron chi connectivity index (χ0n) is 16.0. The van der Waals surface area contributed by atoms with Crippen molar-refractivity contribution >= 4 is 15.8 Å². The first-order valence-electron chi connectivity index (χ1n) is 8.80. The molecular weight excluding hydrogens is 326 g/mol. The summed E-state index contributed by atoms with van der Waals surface area (Å²) in [5.74, 6) is 1.83. The molecule has 0 atom stereocenters. The van der Waals surface area contributed by atoms with Crippen LogP contribution in [-0.4, -0.2) is 71.7 Å². The van der Waals surface area contributed by atoms with Crippen molar-refractivity contribution in [2.24, 2.45) is 16.3 Å². The smallest absolute Gasteiger partial charge is 0.193 e. The molecule has 142 valence electrons. The molecular formula is C17H35N3O3S. The third kappa shape index (κ3) is 8.87. The zero-order chi connectivity index (χ0) is 18.2. The molecule has 0 unspecified atom stereocenters. The van der Waals surface area contributed by atoms with Crippen LogP contribution in [0.2, 0.25) is 0 Å². The monoisotopic (exact) mass is 361 g/mol. The van der Waals surface area contributed by atoms with Gasteiger partial charge in [0.05, 0.1) is 5.75 Å². The normalized spacial score (nSPS) is 17.8. The fourth-order valence-electron chi connectivity index (χ4n) is 2.77. The molecule has 0 saturated carbocycles. The fourth-order valence-corrected chi connectivity index (χ4v) is 3.69. The maximum Gasteiger partial charge on any atom is 0.193 e.